The summed E-state index contributed by atoms with van der Waals surface area (Å²) >= 11 is 0. The van der Waals surface area contributed by atoms with E-state index in [2.05, 4.69) is 43.5 Å². The van der Waals surface area contributed by atoms with Gasteiger partial charge in [0.25, 0.3) is 0 Å². The number of allylic oxidation sites excluding steroid dienone is 3. The van der Waals surface area contributed by atoms with Crippen LogP contribution in [0.3, 0.4) is 0 Å². The molecule has 0 aromatic carbocycles. The molecule has 0 bridgehead atoms. The van der Waals surface area contributed by atoms with E-state index in [0.29, 0.717) is 12.8 Å². The van der Waals surface area contributed by atoms with Crippen molar-refractivity contribution in [3.8, 4) is 0 Å². The highest BCUT2D eigenvalue weighted by atomic mass is 16.5. The van der Waals surface area contributed by atoms with Gasteiger partial charge in [-0.3, -0.25) is 14.4 Å². The highest BCUT2D eigenvalue weighted by molar-refractivity contribution is 5.80. The number of aliphatic carboxylic acids is 1. The van der Waals surface area contributed by atoms with Gasteiger partial charge in [0.05, 0.1) is 0 Å². The molecule has 0 saturated heterocycles. The molecular formula is C42H77NO5. The van der Waals surface area contributed by atoms with E-state index in [9.17, 15) is 14.4 Å². The lowest BCUT2D eigenvalue weighted by Crippen LogP contribution is -2.28. The maximum Gasteiger partial charge on any atom is 0.322 e. The SMILES string of the molecule is CCCCCCCC/C=C\CCCCCCCCCC(=O)OC(/C=C\CCCCCCCC)CCCCCCCCC(=O)NCC(=O)O. The van der Waals surface area contributed by atoms with Crippen LogP contribution in [0, 0.1) is 0 Å². The zero-order valence-corrected chi connectivity index (χ0v) is 31.6. The molecule has 0 aliphatic carbocycles. The molecule has 6 nitrogen and oxygen atoms in total. The smallest absolute Gasteiger partial charge is 0.322 e. The van der Waals surface area contributed by atoms with Crippen molar-refractivity contribution in [2.45, 2.75) is 219 Å². The monoisotopic (exact) mass is 676 g/mol. The van der Waals surface area contributed by atoms with E-state index < -0.39 is 5.97 Å². The van der Waals surface area contributed by atoms with Crippen molar-refractivity contribution in [1.29, 1.82) is 0 Å². The molecule has 0 aromatic rings. The van der Waals surface area contributed by atoms with Gasteiger partial charge in [0.2, 0.25) is 5.91 Å². The number of amides is 1. The van der Waals surface area contributed by atoms with Crippen molar-refractivity contribution < 1.29 is 24.2 Å². The fourth-order valence-electron chi connectivity index (χ4n) is 6.01. The lowest BCUT2D eigenvalue weighted by atomic mass is 10.0. The number of esters is 1. The van der Waals surface area contributed by atoms with Gasteiger partial charge in [-0.2, -0.15) is 0 Å². The zero-order chi connectivity index (χ0) is 35.2. The van der Waals surface area contributed by atoms with Crippen molar-refractivity contribution >= 4 is 17.8 Å². The fraction of sp³-hybridized carbons (Fsp3) is 0.833. The molecule has 2 N–H and O–H groups in total. The first-order valence-corrected chi connectivity index (χ1v) is 20.5. The Labute approximate surface area is 296 Å². The van der Waals surface area contributed by atoms with Gasteiger partial charge in [-0.25, -0.2) is 0 Å². The molecule has 48 heavy (non-hydrogen) atoms. The number of hydrogen-bond acceptors (Lipinski definition) is 4. The summed E-state index contributed by atoms with van der Waals surface area (Å²) in [5, 5.41) is 11.0. The number of carbonyl (C=O) groups is 3. The average Bonchev–Trinajstić information content (AvgIpc) is 3.07. The van der Waals surface area contributed by atoms with Gasteiger partial charge in [0.15, 0.2) is 0 Å². The maximum atomic E-state index is 12.7. The Morgan fingerprint density at radius 3 is 1.46 bits per heavy atom. The second-order valence-electron chi connectivity index (χ2n) is 13.9. The minimum Gasteiger partial charge on any atom is -0.480 e. The number of rotatable bonds is 37. The lowest BCUT2D eigenvalue weighted by molar-refractivity contribution is -0.147. The summed E-state index contributed by atoms with van der Waals surface area (Å²) in [6.45, 7) is 4.21. The molecule has 0 rings (SSSR count). The van der Waals surface area contributed by atoms with Crippen LogP contribution in [-0.2, 0) is 19.1 Å². The van der Waals surface area contributed by atoms with Gasteiger partial charge in [-0.1, -0.05) is 154 Å². The minimum absolute atomic E-state index is 0.0573. The highest BCUT2D eigenvalue weighted by Crippen LogP contribution is 2.16. The number of carboxylic acid groups (broad SMARTS) is 1. The van der Waals surface area contributed by atoms with Gasteiger partial charge in [-0.05, 0) is 70.3 Å². The Bertz CT molecular complexity index is 793. The van der Waals surface area contributed by atoms with Crippen LogP contribution < -0.4 is 5.32 Å². The molecule has 0 fully saturated rings. The van der Waals surface area contributed by atoms with Crippen LogP contribution in [-0.4, -0.2) is 35.6 Å². The molecule has 0 saturated carbocycles. The van der Waals surface area contributed by atoms with Gasteiger partial charge < -0.3 is 15.2 Å². The molecule has 0 aromatic heterocycles. The topological polar surface area (TPSA) is 92.7 Å². The summed E-state index contributed by atoms with van der Waals surface area (Å²) in [6, 6.07) is 0. The van der Waals surface area contributed by atoms with Crippen molar-refractivity contribution in [2.75, 3.05) is 6.54 Å². The molecule has 1 amide bonds. The maximum absolute atomic E-state index is 12.7. The second-order valence-corrected chi connectivity index (χ2v) is 13.9. The Balaban J connectivity index is 4.09. The number of ether oxygens (including phenoxy) is 1. The van der Waals surface area contributed by atoms with Gasteiger partial charge in [-0.15, -0.1) is 0 Å². The Morgan fingerprint density at radius 2 is 0.958 bits per heavy atom. The standard InChI is InChI=1S/C42H77NO5/c1-3-5-7-9-11-13-14-15-16-17-18-19-20-21-23-29-33-37-42(47)48-39(34-30-26-22-12-10-8-6-4-2)35-31-27-24-25-28-32-36-40(44)43-38-41(45)46/h15-16,30,34,39H,3-14,17-29,31-33,35-38H2,1-2H3,(H,43,44)(H,45,46)/b16-15-,34-30-. The number of nitrogens with one attached hydrogen (secondary N) is 1. The Morgan fingerprint density at radius 1 is 0.542 bits per heavy atom. The normalized spacial score (nSPS) is 12.2. The van der Waals surface area contributed by atoms with E-state index in [4.69, 9.17) is 9.84 Å². The molecule has 1 atom stereocenters. The van der Waals surface area contributed by atoms with Crippen molar-refractivity contribution in [3.63, 3.8) is 0 Å². The highest BCUT2D eigenvalue weighted by Gasteiger charge is 2.11. The first kappa shape index (κ1) is 45.9. The van der Waals surface area contributed by atoms with Crippen LogP contribution in [0.2, 0.25) is 0 Å². The molecule has 0 heterocycles. The molecule has 0 radical (unpaired) electrons. The fourth-order valence-corrected chi connectivity index (χ4v) is 6.01. The summed E-state index contributed by atoms with van der Waals surface area (Å²) < 4.78 is 5.93. The van der Waals surface area contributed by atoms with Crippen LogP contribution in [0.25, 0.3) is 0 Å². The Hall–Kier alpha value is -2.11. The molecule has 0 aliphatic heterocycles. The summed E-state index contributed by atoms with van der Waals surface area (Å²) in [6.07, 6.45) is 44.6. The molecular weight excluding hydrogens is 598 g/mol. The van der Waals surface area contributed by atoms with Crippen molar-refractivity contribution in [3.05, 3.63) is 24.3 Å². The molecule has 0 aliphatic rings. The van der Waals surface area contributed by atoms with E-state index in [-0.39, 0.29) is 24.5 Å². The van der Waals surface area contributed by atoms with E-state index in [1.54, 1.807) is 0 Å². The quantitative estimate of drug-likeness (QED) is 0.0388. The lowest BCUT2D eigenvalue weighted by Gasteiger charge is -2.15. The molecule has 280 valence electrons. The van der Waals surface area contributed by atoms with E-state index in [0.717, 1.165) is 64.2 Å². The number of carbonyl (C=O) groups excluding carboxylic acids is 2. The van der Waals surface area contributed by atoms with Crippen LogP contribution in [0.4, 0.5) is 0 Å². The first-order chi connectivity index (χ1) is 23.5. The van der Waals surface area contributed by atoms with Gasteiger partial charge in [0.1, 0.15) is 12.6 Å². The first-order valence-electron chi connectivity index (χ1n) is 20.5. The largest absolute Gasteiger partial charge is 0.480 e. The van der Waals surface area contributed by atoms with Crippen LogP contribution >= 0.6 is 0 Å². The van der Waals surface area contributed by atoms with Crippen molar-refractivity contribution in [1.82, 2.24) is 5.32 Å². The minimum atomic E-state index is -1.02. The summed E-state index contributed by atoms with van der Waals surface area (Å²) in [5.74, 6) is -1.26. The van der Waals surface area contributed by atoms with Gasteiger partial charge in [0, 0.05) is 12.8 Å². The van der Waals surface area contributed by atoms with Crippen LogP contribution in [0.15, 0.2) is 24.3 Å². The zero-order valence-electron chi connectivity index (χ0n) is 31.6. The summed E-state index contributed by atoms with van der Waals surface area (Å²) in [7, 11) is 0. The average molecular weight is 676 g/mol. The summed E-state index contributed by atoms with van der Waals surface area (Å²) in [5.41, 5.74) is 0. The number of carboxylic acids is 1. The third kappa shape index (κ3) is 36.7. The van der Waals surface area contributed by atoms with Gasteiger partial charge >= 0.3 is 11.9 Å². The number of hydrogen-bond donors (Lipinski definition) is 2. The summed E-state index contributed by atoms with van der Waals surface area (Å²) in [4.78, 5) is 34.8. The predicted octanol–water partition coefficient (Wildman–Crippen LogP) is 12.3. The van der Waals surface area contributed by atoms with E-state index in [1.807, 2.05) is 0 Å². The third-order valence-corrected chi connectivity index (χ3v) is 9.08. The van der Waals surface area contributed by atoms with Crippen LogP contribution in [0.5, 0.6) is 0 Å². The molecule has 1 unspecified atom stereocenters. The van der Waals surface area contributed by atoms with Crippen molar-refractivity contribution in [2.24, 2.45) is 0 Å². The van der Waals surface area contributed by atoms with E-state index in [1.165, 1.54) is 122 Å². The van der Waals surface area contributed by atoms with Crippen LogP contribution in [0.1, 0.15) is 213 Å². The Kier molecular flexibility index (Phi) is 36.0. The third-order valence-electron chi connectivity index (χ3n) is 9.08. The molecule has 6 heteroatoms. The second kappa shape index (κ2) is 37.7. The predicted molar refractivity (Wildman–Crippen MR) is 203 cm³/mol. The number of unbranched alkanes of at least 4 members (excludes halogenated alkanes) is 24. The molecule has 0 spiro atoms. The van der Waals surface area contributed by atoms with E-state index >= 15 is 0 Å².